The van der Waals surface area contributed by atoms with Crippen LogP contribution < -0.4 is 5.56 Å². The zero-order valence-electron chi connectivity index (χ0n) is 16.3. The van der Waals surface area contributed by atoms with Gasteiger partial charge < -0.3 is 5.11 Å². The summed E-state index contributed by atoms with van der Waals surface area (Å²) in [5.74, 6) is -0.350. The first kappa shape index (κ1) is 22.7. The smallest absolute Gasteiger partial charge is 0.294 e. The SMILES string of the molecule is CCCCc1c(O)n(-c2ccc(S(=O)(=O)O)cc2)n(-c2ccc(S(=O)(=O)O)cc2)c1=O. The maximum atomic E-state index is 13.1. The van der Waals surface area contributed by atoms with Crippen LogP contribution in [0.25, 0.3) is 11.4 Å². The minimum atomic E-state index is -4.43. The lowest BCUT2D eigenvalue weighted by atomic mass is 10.1. The van der Waals surface area contributed by atoms with Gasteiger partial charge in [0.05, 0.1) is 26.7 Å². The molecule has 0 aliphatic carbocycles. The molecule has 3 aromatic rings. The van der Waals surface area contributed by atoms with Crippen LogP contribution in [0.4, 0.5) is 0 Å². The maximum Gasteiger partial charge on any atom is 0.294 e. The number of hydrogen-bond acceptors (Lipinski definition) is 6. The molecule has 0 aliphatic rings. The van der Waals surface area contributed by atoms with Crippen molar-refractivity contribution in [1.29, 1.82) is 0 Å². The molecule has 0 bridgehead atoms. The van der Waals surface area contributed by atoms with Crippen molar-refractivity contribution < 1.29 is 31.0 Å². The van der Waals surface area contributed by atoms with E-state index in [1.165, 1.54) is 24.3 Å². The molecule has 1 aromatic heterocycles. The normalized spacial score (nSPS) is 12.2. The average Bonchev–Trinajstić information content (AvgIpc) is 2.95. The van der Waals surface area contributed by atoms with Crippen molar-refractivity contribution in [2.24, 2.45) is 0 Å². The van der Waals surface area contributed by atoms with Gasteiger partial charge in [-0.2, -0.15) is 16.8 Å². The predicted octanol–water partition coefficient (Wildman–Crippen LogP) is 2.17. The fourth-order valence-electron chi connectivity index (χ4n) is 3.10. The molecule has 0 atom stereocenters. The van der Waals surface area contributed by atoms with Gasteiger partial charge in [0.15, 0.2) is 0 Å². The summed E-state index contributed by atoms with van der Waals surface area (Å²) in [6.07, 6.45) is 1.70. The largest absolute Gasteiger partial charge is 0.493 e. The summed E-state index contributed by atoms with van der Waals surface area (Å²) in [7, 11) is -8.86. The van der Waals surface area contributed by atoms with Crippen LogP contribution in [0, 0.1) is 0 Å². The summed E-state index contributed by atoms with van der Waals surface area (Å²) in [5.41, 5.74) is 0.0295. The van der Waals surface area contributed by atoms with Gasteiger partial charge in [0.1, 0.15) is 0 Å². The predicted molar refractivity (Wildman–Crippen MR) is 111 cm³/mol. The van der Waals surface area contributed by atoms with Gasteiger partial charge in [-0.25, -0.2) is 9.36 Å². The van der Waals surface area contributed by atoms with E-state index >= 15 is 0 Å². The monoisotopic (exact) mass is 468 g/mol. The number of nitrogens with zero attached hydrogens (tertiary/aromatic N) is 2. The van der Waals surface area contributed by atoms with Gasteiger partial charge in [0.25, 0.3) is 25.8 Å². The van der Waals surface area contributed by atoms with Crippen molar-refractivity contribution in [2.45, 2.75) is 36.0 Å². The standard InChI is InChI=1S/C19H20N2O8S2/c1-2-3-4-17-18(22)20(13-5-9-15(10-6-13)30(24,25)26)21(19(17)23)14-7-11-16(12-8-14)31(27,28)29/h5-12,22H,2-4H2,1H3,(H,24,25,26)(H,27,28,29). The van der Waals surface area contributed by atoms with Crippen molar-refractivity contribution in [3.63, 3.8) is 0 Å². The van der Waals surface area contributed by atoms with Crippen molar-refractivity contribution in [2.75, 3.05) is 0 Å². The molecule has 3 N–H and O–H groups in total. The fourth-order valence-corrected chi connectivity index (χ4v) is 4.06. The Kier molecular flexibility index (Phi) is 6.09. The van der Waals surface area contributed by atoms with Crippen molar-refractivity contribution >= 4 is 20.2 Å². The molecule has 12 heteroatoms. The van der Waals surface area contributed by atoms with Gasteiger partial charge >= 0.3 is 0 Å². The van der Waals surface area contributed by atoms with Crippen LogP contribution in [0.1, 0.15) is 25.3 Å². The van der Waals surface area contributed by atoms with Gasteiger partial charge in [-0.15, -0.1) is 0 Å². The van der Waals surface area contributed by atoms with E-state index in [0.717, 1.165) is 40.0 Å². The molecular weight excluding hydrogens is 448 g/mol. The summed E-state index contributed by atoms with van der Waals surface area (Å²) in [6, 6.07) is 9.63. The molecule has 0 fully saturated rings. The highest BCUT2D eigenvalue weighted by atomic mass is 32.2. The Labute approximate surface area is 178 Å². The second-order valence-electron chi connectivity index (χ2n) is 6.77. The molecule has 0 radical (unpaired) electrons. The number of aromatic hydroxyl groups is 1. The lowest BCUT2D eigenvalue weighted by Gasteiger charge is -2.13. The summed E-state index contributed by atoms with van der Waals surface area (Å²) in [5, 5.41) is 10.8. The molecule has 0 saturated carbocycles. The Morgan fingerprint density at radius 2 is 1.19 bits per heavy atom. The molecular formula is C19H20N2O8S2. The van der Waals surface area contributed by atoms with Crippen LogP contribution in [-0.2, 0) is 26.7 Å². The first-order valence-electron chi connectivity index (χ1n) is 9.17. The third-order valence-corrected chi connectivity index (χ3v) is 6.40. The highest BCUT2D eigenvalue weighted by Crippen LogP contribution is 2.25. The van der Waals surface area contributed by atoms with Crippen LogP contribution in [0.15, 0.2) is 63.1 Å². The minimum absolute atomic E-state index is 0.138. The van der Waals surface area contributed by atoms with E-state index in [0.29, 0.717) is 12.8 Å². The summed E-state index contributed by atoms with van der Waals surface area (Å²) in [4.78, 5) is 12.4. The van der Waals surface area contributed by atoms with Gasteiger partial charge in [0.2, 0.25) is 5.88 Å². The number of hydrogen-bond donors (Lipinski definition) is 3. The van der Waals surface area contributed by atoms with Crippen molar-refractivity contribution in [3.8, 4) is 17.3 Å². The lowest BCUT2D eigenvalue weighted by Crippen LogP contribution is -2.22. The Hall–Kier alpha value is -2.93. The van der Waals surface area contributed by atoms with Gasteiger partial charge in [-0.05, 0) is 61.4 Å². The topological polar surface area (TPSA) is 156 Å². The molecule has 3 rings (SSSR count). The van der Waals surface area contributed by atoms with E-state index in [1.807, 2.05) is 6.92 Å². The number of rotatable bonds is 7. The Bertz CT molecular complexity index is 1370. The van der Waals surface area contributed by atoms with Crippen LogP contribution in [0.5, 0.6) is 5.88 Å². The Morgan fingerprint density at radius 1 is 0.774 bits per heavy atom. The molecule has 0 aliphatic heterocycles. The first-order valence-corrected chi connectivity index (χ1v) is 12.0. The quantitative estimate of drug-likeness (QED) is 0.446. The van der Waals surface area contributed by atoms with E-state index in [2.05, 4.69) is 0 Å². The lowest BCUT2D eigenvalue weighted by molar-refractivity contribution is 0.420. The number of aromatic nitrogens is 2. The van der Waals surface area contributed by atoms with Gasteiger partial charge in [0, 0.05) is 0 Å². The summed E-state index contributed by atoms with van der Waals surface area (Å²) < 4.78 is 65.8. The first-order chi connectivity index (χ1) is 14.4. The molecule has 166 valence electrons. The number of benzene rings is 2. The van der Waals surface area contributed by atoms with E-state index in [1.54, 1.807) is 0 Å². The van der Waals surface area contributed by atoms with Gasteiger partial charge in [-0.3, -0.25) is 13.9 Å². The van der Waals surface area contributed by atoms with Gasteiger partial charge in [-0.1, -0.05) is 13.3 Å². The van der Waals surface area contributed by atoms with E-state index in [4.69, 9.17) is 9.11 Å². The maximum absolute atomic E-state index is 13.1. The zero-order valence-corrected chi connectivity index (χ0v) is 18.0. The van der Waals surface area contributed by atoms with Crippen LogP contribution in [0.2, 0.25) is 0 Å². The fraction of sp³-hybridized carbons (Fsp3) is 0.211. The molecule has 31 heavy (non-hydrogen) atoms. The highest BCUT2D eigenvalue weighted by molar-refractivity contribution is 7.86. The van der Waals surface area contributed by atoms with E-state index < -0.39 is 25.8 Å². The molecule has 2 aromatic carbocycles. The Morgan fingerprint density at radius 3 is 1.58 bits per heavy atom. The zero-order chi connectivity index (χ0) is 23.0. The van der Waals surface area contributed by atoms with Crippen LogP contribution in [0.3, 0.4) is 0 Å². The summed E-state index contributed by atoms with van der Waals surface area (Å²) >= 11 is 0. The Balaban J connectivity index is 2.24. The van der Waals surface area contributed by atoms with Crippen LogP contribution >= 0.6 is 0 Å². The minimum Gasteiger partial charge on any atom is -0.493 e. The van der Waals surface area contributed by atoms with Crippen LogP contribution in [-0.4, -0.2) is 40.4 Å². The molecule has 0 unspecified atom stereocenters. The molecule has 0 saturated heterocycles. The highest BCUT2D eigenvalue weighted by Gasteiger charge is 2.22. The molecule has 0 amide bonds. The molecule has 0 spiro atoms. The summed E-state index contributed by atoms with van der Waals surface area (Å²) in [6.45, 7) is 1.93. The second kappa shape index (κ2) is 8.30. The molecule has 10 nitrogen and oxygen atoms in total. The number of unbranched alkanes of at least 4 members (excludes halogenated alkanes) is 1. The third kappa shape index (κ3) is 4.56. The second-order valence-corrected chi connectivity index (χ2v) is 9.62. The van der Waals surface area contributed by atoms with E-state index in [9.17, 15) is 26.7 Å². The van der Waals surface area contributed by atoms with E-state index in [-0.39, 0.29) is 32.6 Å². The van der Waals surface area contributed by atoms with Crippen molar-refractivity contribution in [3.05, 3.63) is 64.4 Å². The molecule has 1 heterocycles. The average molecular weight is 469 g/mol. The van der Waals surface area contributed by atoms with Crippen molar-refractivity contribution in [1.82, 2.24) is 9.36 Å². The third-order valence-electron chi connectivity index (χ3n) is 4.66.